The topological polar surface area (TPSA) is 24.4 Å². The number of nitrogens with one attached hydrogen (secondary N) is 1. The van der Waals surface area contributed by atoms with Crippen LogP contribution in [0.3, 0.4) is 0 Å². The van der Waals surface area contributed by atoms with Crippen LogP contribution in [0.4, 0.5) is 10.1 Å². The summed E-state index contributed by atoms with van der Waals surface area (Å²) in [4.78, 5) is 4.44. The lowest BCUT2D eigenvalue weighted by atomic mass is 9.97. The van der Waals surface area contributed by atoms with Gasteiger partial charge in [-0.1, -0.05) is 48.8 Å². The molecular formula is C12H13Cl2FN2S. The Morgan fingerprint density at radius 3 is 2.44 bits per heavy atom. The van der Waals surface area contributed by atoms with Crippen molar-refractivity contribution in [3.63, 3.8) is 0 Å². The quantitative estimate of drug-likeness (QED) is 0.815. The molecule has 0 aliphatic carbocycles. The zero-order chi connectivity index (χ0) is 13.3. The molecule has 0 aromatic heterocycles. The number of hydrogen-bond donors (Lipinski definition) is 1. The minimum Gasteiger partial charge on any atom is -0.333 e. The fraction of sp³-hybridized carbons (Fsp3) is 0.417. The van der Waals surface area contributed by atoms with Crippen LogP contribution in [0.1, 0.15) is 13.8 Å². The van der Waals surface area contributed by atoms with Crippen molar-refractivity contribution in [3.05, 3.63) is 28.0 Å². The first-order valence-electron chi connectivity index (χ1n) is 5.46. The van der Waals surface area contributed by atoms with Gasteiger partial charge in [0.15, 0.2) is 5.17 Å². The third-order valence-corrected chi connectivity index (χ3v) is 4.52. The zero-order valence-electron chi connectivity index (χ0n) is 10.1. The van der Waals surface area contributed by atoms with Crippen LogP contribution >= 0.6 is 35.0 Å². The van der Waals surface area contributed by atoms with Crippen LogP contribution in [0, 0.1) is 11.2 Å². The standard InChI is InChI=1S/C12H13Cl2FN2S/c1-12(2)5-16-11(18-6-12)17-10-8(13)3-7(15)4-9(10)14/h3-4H,5-6H2,1-2H3,(H,16,17). The molecule has 0 amide bonds. The van der Waals surface area contributed by atoms with E-state index in [2.05, 4.69) is 24.2 Å². The van der Waals surface area contributed by atoms with Crippen LogP contribution in [0.25, 0.3) is 0 Å². The number of amidine groups is 1. The first-order chi connectivity index (χ1) is 8.37. The molecule has 0 spiro atoms. The van der Waals surface area contributed by atoms with E-state index in [9.17, 15) is 4.39 Å². The van der Waals surface area contributed by atoms with Gasteiger partial charge in [-0.05, 0) is 17.5 Å². The Bertz CT molecular complexity index is 480. The van der Waals surface area contributed by atoms with Crippen LogP contribution in [-0.2, 0) is 0 Å². The molecule has 98 valence electrons. The summed E-state index contributed by atoms with van der Waals surface area (Å²) in [6.45, 7) is 5.08. The predicted octanol–water partition coefficient (Wildman–Crippen LogP) is 4.67. The van der Waals surface area contributed by atoms with Crippen LogP contribution in [0.5, 0.6) is 0 Å². The van der Waals surface area contributed by atoms with Gasteiger partial charge in [0.1, 0.15) is 5.82 Å². The van der Waals surface area contributed by atoms with Gasteiger partial charge in [-0.2, -0.15) is 0 Å². The van der Waals surface area contributed by atoms with Crippen molar-refractivity contribution in [3.8, 4) is 0 Å². The number of nitrogens with zero attached hydrogens (tertiary/aromatic N) is 1. The number of halogens is 3. The van der Waals surface area contributed by atoms with Crippen molar-refractivity contribution < 1.29 is 4.39 Å². The summed E-state index contributed by atoms with van der Waals surface area (Å²) < 4.78 is 13.1. The lowest BCUT2D eigenvalue weighted by molar-refractivity contribution is 0.438. The van der Waals surface area contributed by atoms with E-state index in [0.717, 1.165) is 17.5 Å². The summed E-state index contributed by atoms with van der Waals surface area (Å²) in [6.07, 6.45) is 0. The molecule has 0 unspecified atom stereocenters. The smallest absolute Gasteiger partial charge is 0.161 e. The summed E-state index contributed by atoms with van der Waals surface area (Å²) in [6, 6.07) is 2.46. The minimum atomic E-state index is -0.449. The van der Waals surface area contributed by atoms with Gasteiger partial charge in [0.05, 0.1) is 15.7 Å². The molecule has 1 aromatic carbocycles. The van der Waals surface area contributed by atoms with Gasteiger partial charge in [-0.25, -0.2) is 4.39 Å². The van der Waals surface area contributed by atoms with Gasteiger partial charge < -0.3 is 5.32 Å². The van der Waals surface area contributed by atoms with E-state index in [0.29, 0.717) is 5.69 Å². The molecule has 1 heterocycles. The van der Waals surface area contributed by atoms with Gasteiger partial charge in [0.25, 0.3) is 0 Å². The molecule has 2 rings (SSSR count). The van der Waals surface area contributed by atoms with Crippen molar-refractivity contribution >= 4 is 45.8 Å². The van der Waals surface area contributed by atoms with E-state index in [1.165, 1.54) is 12.1 Å². The largest absolute Gasteiger partial charge is 0.333 e. The first kappa shape index (κ1) is 14.0. The molecule has 0 atom stereocenters. The highest BCUT2D eigenvalue weighted by atomic mass is 35.5. The Morgan fingerprint density at radius 1 is 1.33 bits per heavy atom. The molecule has 0 saturated carbocycles. The number of benzene rings is 1. The molecule has 1 aliphatic heterocycles. The van der Waals surface area contributed by atoms with Gasteiger partial charge >= 0.3 is 0 Å². The second-order valence-electron chi connectivity index (χ2n) is 4.94. The van der Waals surface area contributed by atoms with E-state index in [4.69, 9.17) is 23.2 Å². The van der Waals surface area contributed by atoms with Crippen LogP contribution in [0.2, 0.25) is 10.0 Å². The lowest BCUT2D eigenvalue weighted by Crippen LogP contribution is -2.27. The van der Waals surface area contributed by atoms with Gasteiger partial charge in [0, 0.05) is 12.3 Å². The van der Waals surface area contributed by atoms with E-state index in [-0.39, 0.29) is 15.5 Å². The maximum Gasteiger partial charge on any atom is 0.161 e. The van der Waals surface area contributed by atoms with Crippen molar-refractivity contribution in [1.29, 1.82) is 0 Å². The summed E-state index contributed by atoms with van der Waals surface area (Å²) >= 11 is 13.5. The van der Waals surface area contributed by atoms with Crippen molar-refractivity contribution in [2.24, 2.45) is 10.4 Å². The normalized spacial score (nSPS) is 18.4. The number of hydrogen-bond acceptors (Lipinski definition) is 3. The molecule has 0 saturated heterocycles. The molecule has 2 nitrogen and oxygen atoms in total. The lowest BCUT2D eigenvalue weighted by Gasteiger charge is -2.27. The van der Waals surface area contributed by atoms with E-state index < -0.39 is 5.82 Å². The third-order valence-electron chi connectivity index (χ3n) is 2.49. The van der Waals surface area contributed by atoms with E-state index in [1.807, 2.05) is 0 Å². The maximum atomic E-state index is 13.1. The summed E-state index contributed by atoms with van der Waals surface area (Å²) in [7, 11) is 0. The maximum absolute atomic E-state index is 13.1. The Kier molecular flexibility index (Phi) is 4.09. The Morgan fingerprint density at radius 2 is 1.94 bits per heavy atom. The molecule has 0 bridgehead atoms. The van der Waals surface area contributed by atoms with Crippen LogP contribution in [0.15, 0.2) is 17.1 Å². The summed E-state index contributed by atoms with van der Waals surface area (Å²) in [5.74, 6) is 0.518. The van der Waals surface area contributed by atoms with Crippen molar-refractivity contribution in [1.82, 2.24) is 0 Å². The molecule has 18 heavy (non-hydrogen) atoms. The minimum absolute atomic E-state index is 0.201. The second kappa shape index (κ2) is 5.27. The van der Waals surface area contributed by atoms with Crippen molar-refractivity contribution in [2.45, 2.75) is 13.8 Å². The Labute approximate surface area is 120 Å². The average Bonchev–Trinajstić information content (AvgIpc) is 2.25. The average molecular weight is 307 g/mol. The number of rotatable bonds is 1. The fourth-order valence-electron chi connectivity index (χ4n) is 1.48. The van der Waals surface area contributed by atoms with Gasteiger partial charge in [-0.3, -0.25) is 4.99 Å². The van der Waals surface area contributed by atoms with Gasteiger partial charge in [0.2, 0.25) is 0 Å². The van der Waals surface area contributed by atoms with Crippen LogP contribution < -0.4 is 5.32 Å². The third kappa shape index (κ3) is 3.31. The highest BCUT2D eigenvalue weighted by Crippen LogP contribution is 2.34. The molecule has 1 aromatic rings. The second-order valence-corrected chi connectivity index (χ2v) is 6.72. The zero-order valence-corrected chi connectivity index (χ0v) is 12.4. The Hall–Kier alpha value is -0.450. The molecule has 0 radical (unpaired) electrons. The number of thioether (sulfide) groups is 1. The highest BCUT2D eigenvalue weighted by Gasteiger charge is 2.24. The number of anilines is 1. The van der Waals surface area contributed by atoms with E-state index in [1.54, 1.807) is 11.8 Å². The molecule has 0 fully saturated rings. The first-order valence-corrected chi connectivity index (χ1v) is 7.20. The number of aliphatic imine (C=N–C) groups is 1. The molecule has 1 aliphatic rings. The molecule has 1 N–H and O–H groups in total. The Balaban J connectivity index is 2.18. The van der Waals surface area contributed by atoms with Gasteiger partial charge in [-0.15, -0.1) is 0 Å². The molecular weight excluding hydrogens is 294 g/mol. The SMILES string of the molecule is CC1(C)CN=C(Nc2c(Cl)cc(F)cc2Cl)SC1. The summed E-state index contributed by atoms with van der Waals surface area (Å²) in [5, 5.41) is 4.35. The highest BCUT2D eigenvalue weighted by molar-refractivity contribution is 8.14. The molecule has 6 heteroatoms. The monoisotopic (exact) mass is 306 g/mol. The van der Waals surface area contributed by atoms with Crippen LogP contribution in [-0.4, -0.2) is 17.5 Å². The van der Waals surface area contributed by atoms with Crippen molar-refractivity contribution in [2.75, 3.05) is 17.6 Å². The summed E-state index contributed by atoms with van der Waals surface area (Å²) in [5.41, 5.74) is 0.706. The van der Waals surface area contributed by atoms with E-state index >= 15 is 0 Å². The fourth-order valence-corrected chi connectivity index (χ4v) is 2.99. The predicted molar refractivity (Wildman–Crippen MR) is 78.6 cm³/mol.